The number of esters is 2. The average molecular weight is 401 g/mol. The van der Waals surface area contributed by atoms with Gasteiger partial charge < -0.3 is 20.9 Å². The smallest absolute Gasteiger partial charge is 0.338 e. The molecule has 29 heavy (non-hydrogen) atoms. The highest BCUT2D eigenvalue weighted by Gasteiger charge is 2.40. The fraction of sp³-hybridized carbons (Fsp3) is 0.391. The molecule has 0 heterocycles. The lowest BCUT2D eigenvalue weighted by Crippen LogP contribution is -2.42. The van der Waals surface area contributed by atoms with E-state index in [1.807, 2.05) is 27.7 Å². The van der Waals surface area contributed by atoms with Gasteiger partial charge in [-0.1, -0.05) is 46.4 Å². The van der Waals surface area contributed by atoms with Crippen LogP contribution in [0.15, 0.2) is 60.3 Å². The monoisotopic (exact) mass is 400 g/mol. The number of hydrogen-bond donors (Lipinski definition) is 2. The summed E-state index contributed by atoms with van der Waals surface area (Å²) in [6.45, 7) is 13.3. The van der Waals surface area contributed by atoms with Gasteiger partial charge in [0.2, 0.25) is 0 Å². The van der Waals surface area contributed by atoms with Gasteiger partial charge in [0.15, 0.2) is 0 Å². The molecule has 1 aromatic carbocycles. The van der Waals surface area contributed by atoms with Crippen molar-refractivity contribution < 1.29 is 19.1 Å². The lowest BCUT2D eigenvalue weighted by molar-refractivity contribution is -0.146. The summed E-state index contributed by atoms with van der Waals surface area (Å²) in [5, 5.41) is 0. The second kappa shape index (κ2) is 9.96. The molecule has 0 saturated carbocycles. The van der Waals surface area contributed by atoms with Crippen LogP contribution in [0.2, 0.25) is 0 Å². The summed E-state index contributed by atoms with van der Waals surface area (Å²) in [5.41, 5.74) is 12.1. The van der Waals surface area contributed by atoms with Gasteiger partial charge in [-0.15, -0.1) is 0 Å². The number of nitrogens with two attached hydrogens (primary N) is 2. The quantitative estimate of drug-likeness (QED) is 0.296. The first kappa shape index (κ1) is 24.0. The fourth-order valence-corrected chi connectivity index (χ4v) is 2.30. The third-order valence-electron chi connectivity index (χ3n) is 4.89. The maximum absolute atomic E-state index is 12.5. The summed E-state index contributed by atoms with van der Waals surface area (Å²) in [4.78, 5) is 24.9. The molecule has 0 aliphatic heterocycles. The van der Waals surface area contributed by atoms with E-state index in [1.165, 1.54) is 18.2 Å². The fourth-order valence-electron chi connectivity index (χ4n) is 2.30. The van der Waals surface area contributed by atoms with Gasteiger partial charge in [0.1, 0.15) is 13.2 Å². The van der Waals surface area contributed by atoms with Crippen molar-refractivity contribution in [2.45, 2.75) is 34.6 Å². The Kier molecular flexibility index (Phi) is 8.25. The maximum Gasteiger partial charge on any atom is 0.338 e. The summed E-state index contributed by atoms with van der Waals surface area (Å²) < 4.78 is 11.1. The topological polar surface area (TPSA) is 105 Å². The molecule has 1 unspecified atom stereocenters. The van der Waals surface area contributed by atoms with E-state index in [1.54, 1.807) is 31.2 Å². The number of allylic oxidation sites excluding steroid dienone is 3. The molecule has 0 aliphatic carbocycles. The van der Waals surface area contributed by atoms with Gasteiger partial charge >= 0.3 is 11.9 Å². The van der Waals surface area contributed by atoms with Crippen molar-refractivity contribution in [2.24, 2.45) is 16.6 Å². The van der Waals surface area contributed by atoms with Crippen LogP contribution < -0.4 is 11.5 Å². The molecular weight excluding hydrogens is 368 g/mol. The molecule has 0 bridgehead atoms. The number of hydrogen-bond acceptors (Lipinski definition) is 6. The van der Waals surface area contributed by atoms with Crippen LogP contribution in [-0.4, -0.2) is 25.2 Å². The maximum atomic E-state index is 12.5. The number of carbonyl (C=O) groups excluding carboxylic acids is 2. The molecule has 0 saturated heterocycles. The highest BCUT2D eigenvalue weighted by molar-refractivity contribution is 5.92. The van der Waals surface area contributed by atoms with Crippen molar-refractivity contribution in [1.29, 1.82) is 0 Å². The van der Waals surface area contributed by atoms with Crippen LogP contribution >= 0.6 is 0 Å². The molecule has 0 radical (unpaired) electrons. The number of anilines is 1. The van der Waals surface area contributed by atoms with Crippen molar-refractivity contribution in [1.82, 2.24) is 0 Å². The molecule has 4 N–H and O–H groups in total. The first-order valence-corrected chi connectivity index (χ1v) is 9.36. The highest BCUT2D eigenvalue weighted by Crippen LogP contribution is 2.39. The van der Waals surface area contributed by atoms with Crippen LogP contribution in [0.4, 0.5) is 5.69 Å². The minimum atomic E-state index is -0.626. The Morgan fingerprint density at radius 2 is 1.76 bits per heavy atom. The van der Waals surface area contributed by atoms with Crippen molar-refractivity contribution in [3.8, 4) is 0 Å². The molecule has 1 atom stereocenters. The van der Waals surface area contributed by atoms with Crippen molar-refractivity contribution >= 4 is 17.6 Å². The average Bonchev–Trinajstić information content (AvgIpc) is 2.62. The molecule has 1 rings (SSSR count). The van der Waals surface area contributed by atoms with Crippen LogP contribution in [-0.2, 0) is 14.3 Å². The van der Waals surface area contributed by atoms with E-state index in [0.29, 0.717) is 22.5 Å². The molecule has 0 aromatic heterocycles. The molecule has 0 fully saturated rings. The standard InChI is InChI=1S/C23H32N2O4/c1-7-9-17(12-16(2)24)20(26)28-14-23(6,22(3,4)5)15-29-21(27)18-10-8-11-19(25)13-18/h7-13H,1,14-15,24-25H2,2-6H3/b16-12+,17-9+. The summed E-state index contributed by atoms with van der Waals surface area (Å²) in [6, 6.07) is 6.59. The Labute approximate surface area is 173 Å². The van der Waals surface area contributed by atoms with Gasteiger partial charge in [0.05, 0.1) is 11.1 Å². The predicted octanol–water partition coefficient (Wildman–Crippen LogP) is 4.00. The van der Waals surface area contributed by atoms with Gasteiger partial charge in [-0.3, -0.25) is 0 Å². The van der Waals surface area contributed by atoms with E-state index in [2.05, 4.69) is 6.58 Å². The zero-order valence-corrected chi connectivity index (χ0v) is 18.0. The van der Waals surface area contributed by atoms with Crippen molar-refractivity contribution in [3.05, 3.63) is 65.9 Å². The van der Waals surface area contributed by atoms with Gasteiger partial charge in [0, 0.05) is 16.8 Å². The summed E-state index contributed by atoms with van der Waals surface area (Å²) in [5.74, 6) is -1.000. The van der Waals surface area contributed by atoms with E-state index in [-0.39, 0.29) is 18.6 Å². The molecule has 6 nitrogen and oxygen atoms in total. The zero-order valence-electron chi connectivity index (χ0n) is 18.0. The van der Waals surface area contributed by atoms with E-state index in [0.717, 1.165) is 0 Å². The molecule has 0 amide bonds. The Hall–Kier alpha value is -3.02. The number of carbonyl (C=O) groups is 2. The van der Waals surface area contributed by atoms with E-state index in [9.17, 15) is 9.59 Å². The first-order chi connectivity index (χ1) is 13.4. The minimum Gasteiger partial charge on any atom is -0.461 e. The lowest BCUT2D eigenvalue weighted by atomic mass is 9.69. The third-order valence-corrected chi connectivity index (χ3v) is 4.89. The highest BCUT2D eigenvalue weighted by atomic mass is 16.5. The Bertz CT molecular complexity index is 814. The molecule has 158 valence electrons. The van der Waals surface area contributed by atoms with Crippen molar-refractivity contribution in [2.75, 3.05) is 18.9 Å². The minimum absolute atomic E-state index is 0.0610. The van der Waals surface area contributed by atoms with Crippen LogP contribution in [0.1, 0.15) is 45.0 Å². The van der Waals surface area contributed by atoms with Crippen LogP contribution in [0.5, 0.6) is 0 Å². The van der Waals surface area contributed by atoms with E-state index < -0.39 is 17.4 Å². The van der Waals surface area contributed by atoms with Crippen LogP contribution in [0, 0.1) is 10.8 Å². The molecule has 6 heteroatoms. The van der Waals surface area contributed by atoms with Gasteiger partial charge in [-0.05, 0) is 42.7 Å². The predicted molar refractivity (Wildman–Crippen MR) is 116 cm³/mol. The zero-order chi connectivity index (χ0) is 22.2. The normalized spacial score (nSPS) is 14.7. The third kappa shape index (κ3) is 7.14. The Morgan fingerprint density at radius 3 is 2.28 bits per heavy atom. The largest absolute Gasteiger partial charge is 0.461 e. The number of nitrogen functional groups attached to an aromatic ring is 1. The van der Waals surface area contributed by atoms with E-state index >= 15 is 0 Å². The number of benzene rings is 1. The Balaban J connectivity index is 2.91. The second-order valence-corrected chi connectivity index (χ2v) is 8.33. The number of rotatable bonds is 8. The summed E-state index contributed by atoms with van der Waals surface area (Å²) in [7, 11) is 0. The van der Waals surface area contributed by atoms with E-state index in [4.69, 9.17) is 20.9 Å². The van der Waals surface area contributed by atoms with Gasteiger partial charge in [-0.2, -0.15) is 0 Å². The molecule has 0 aliphatic rings. The molecular formula is C23H32N2O4. The number of ether oxygens (including phenoxy) is 2. The van der Waals surface area contributed by atoms with Gasteiger partial charge in [-0.25, -0.2) is 9.59 Å². The SMILES string of the molecule is C=C/C=C(\C=C(/C)N)C(=O)OCC(C)(COC(=O)c1cccc(N)c1)C(C)(C)C. The molecule has 0 spiro atoms. The second-order valence-electron chi connectivity index (χ2n) is 8.33. The van der Waals surface area contributed by atoms with Crippen LogP contribution in [0.25, 0.3) is 0 Å². The summed E-state index contributed by atoms with van der Waals surface area (Å²) in [6.07, 6.45) is 4.55. The van der Waals surface area contributed by atoms with Crippen molar-refractivity contribution in [3.63, 3.8) is 0 Å². The molecule has 1 aromatic rings. The van der Waals surface area contributed by atoms with Gasteiger partial charge in [0.25, 0.3) is 0 Å². The lowest BCUT2D eigenvalue weighted by Gasteiger charge is -2.40. The summed E-state index contributed by atoms with van der Waals surface area (Å²) >= 11 is 0. The Morgan fingerprint density at radius 1 is 1.14 bits per heavy atom. The first-order valence-electron chi connectivity index (χ1n) is 9.36. The van der Waals surface area contributed by atoms with Crippen LogP contribution in [0.3, 0.4) is 0 Å².